The van der Waals surface area contributed by atoms with Crippen molar-refractivity contribution in [3.8, 4) is 11.8 Å². The van der Waals surface area contributed by atoms with Gasteiger partial charge in [0.2, 0.25) is 0 Å². The van der Waals surface area contributed by atoms with E-state index < -0.39 is 0 Å². The van der Waals surface area contributed by atoms with Crippen LogP contribution in [0.1, 0.15) is 5.56 Å². The molecule has 1 heterocycles. The second-order valence-electron chi connectivity index (χ2n) is 3.25. The Bertz CT molecular complexity index is 429. The van der Waals surface area contributed by atoms with Crippen molar-refractivity contribution in [3.05, 3.63) is 48.3 Å². The first-order valence-corrected chi connectivity index (χ1v) is 5.03. The maximum absolute atomic E-state index is 8.77. The molecule has 82 valence electrons. The first-order valence-electron chi connectivity index (χ1n) is 5.03. The van der Waals surface area contributed by atoms with Crippen molar-refractivity contribution in [2.75, 3.05) is 6.61 Å². The number of hydrogen-bond acceptors (Lipinski definition) is 4. The molecule has 0 unspecified atom stereocenters. The van der Waals surface area contributed by atoms with E-state index in [9.17, 15) is 0 Å². The maximum Gasteiger partial charge on any atom is 0.321 e. The molecule has 0 radical (unpaired) electrons. The van der Waals surface area contributed by atoms with E-state index in [0.717, 1.165) is 5.56 Å². The third kappa shape index (κ3) is 2.77. The van der Waals surface area contributed by atoms with Gasteiger partial charge in [0.15, 0.2) is 0 Å². The number of aliphatic hydroxyl groups excluding tert-OH is 1. The first kappa shape index (κ1) is 10.6. The van der Waals surface area contributed by atoms with E-state index in [-0.39, 0.29) is 6.61 Å². The van der Waals surface area contributed by atoms with Crippen LogP contribution in [0.5, 0.6) is 11.8 Å². The quantitative estimate of drug-likeness (QED) is 0.846. The van der Waals surface area contributed by atoms with Crippen molar-refractivity contribution in [2.45, 2.75) is 6.42 Å². The number of aromatic nitrogens is 2. The molecule has 1 aromatic carbocycles. The SMILES string of the molecule is OCCc1ccc(Oc2ncccn2)cc1. The smallest absolute Gasteiger partial charge is 0.321 e. The van der Waals surface area contributed by atoms with E-state index in [4.69, 9.17) is 9.84 Å². The standard InChI is InChI=1S/C12H12N2O2/c15-9-6-10-2-4-11(5-3-10)16-12-13-7-1-8-14-12/h1-5,7-8,15H,6,9H2. The van der Waals surface area contributed by atoms with Crippen molar-refractivity contribution in [1.82, 2.24) is 9.97 Å². The Labute approximate surface area is 93.6 Å². The number of hydrogen-bond donors (Lipinski definition) is 1. The lowest BCUT2D eigenvalue weighted by Gasteiger charge is -2.03. The zero-order valence-corrected chi connectivity index (χ0v) is 8.71. The van der Waals surface area contributed by atoms with Gasteiger partial charge in [-0.25, -0.2) is 9.97 Å². The highest BCUT2D eigenvalue weighted by Crippen LogP contribution is 2.17. The van der Waals surface area contributed by atoms with Crippen molar-refractivity contribution >= 4 is 0 Å². The topological polar surface area (TPSA) is 55.2 Å². The van der Waals surface area contributed by atoms with Gasteiger partial charge < -0.3 is 9.84 Å². The number of aliphatic hydroxyl groups is 1. The van der Waals surface area contributed by atoms with Gasteiger partial charge in [0.1, 0.15) is 5.75 Å². The van der Waals surface area contributed by atoms with E-state index in [1.165, 1.54) is 0 Å². The highest BCUT2D eigenvalue weighted by atomic mass is 16.5. The van der Waals surface area contributed by atoms with Gasteiger partial charge >= 0.3 is 6.01 Å². The van der Waals surface area contributed by atoms with Crippen LogP contribution in [0.25, 0.3) is 0 Å². The third-order valence-corrected chi connectivity index (χ3v) is 2.08. The second-order valence-corrected chi connectivity index (χ2v) is 3.25. The van der Waals surface area contributed by atoms with Gasteiger partial charge in [0, 0.05) is 19.0 Å². The number of benzene rings is 1. The monoisotopic (exact) mass is 216 g/mol. The van der Waals surface area contributed by atoms with Crippen LogP contribution in [0.4, 0.5) is 0 Å². The molecule has 0 saturated heterocycles. The Kier molecular flexibility index (Phi) is 3.46. The van der Waals surface area contributed by atoms with Crippen molar-refractivity contribution < 1.29 is 9.84 Å². The van der Waals surface area contributed by atoms with Crippen LogP contribution in [-0.2, 0) is 6.42 Å². The van der Waals surface area contributed by atoms with Crippen LogP contribution >= 0.6 is 0 Å². The molecule has 16 heavy (non-hydrogen) atoms. The molecule has 0 atom stereocenters. The van der Waals surface area contributed by atoms with Gasteiger partial charge in [-0.2, -0.15) is 0 Å². The Morgan fingerprint density at radius 3 is 2.38 bits per heavy atom. The summed E-state index contributed by atoms with van der Waals surface area (Å²) >= 11 is 0. The van der Waals surface area contributed by atoms with Gasteiger partial charge in [0.05, 0.1) is 0 Å². The predicted molar refractivity (Wildman–Crippen MR) is 59.3 cm³/mol. The summed E-state index contributed by atoms with van der Waals surface area (Å²) in [7, 11) is 0. The molecule has 0 aliphatic heterocycles. The summed E-state index contributed by atoms with van der Waals surface area (Å²) in [4.78, 5) is 7.92. The highest BCUT2D eigenvalue weighted by molar-refractivity contribution is 5.29. The zero-order chi connectivity index (χ0) is 11.2. The fourth-order valence-electron chi connectivity index (χ4n) is 1.30. The molecule has 0 spiro atoms. The van der Waals surface area contributed by atoms with Crippen molar-refractivity contribution in [3.63, 3.8) is 0 Å². The minimum atomic E-state index is 0.155. The fourth-order valence-corrected chi connectivity index (χ4v) is 1.30. The van der Waals surface area contributed by atoms with Gasteiger partial charge in [-0.15, -0.1) is 0 Å². The van der Waals surface area contributed by atoms with Crippen molar-refractivity contribution in [2.24, 2.45) is 0 Å². The zero-order valence-electron chi connectivity index (χ0n) is 8.71. The summed E-state index contributed by atoms with van der Waals surface area (Å²) < 4.78 is 5.43. The lowest BCUT2D eigenvalue weighted by atomic mass is 10.1. The summed E-state index contributed by atoms with van der Waals surface area (Å²) in [5, 5.41) is 8.77. The molecular weight excluding hydrogens is 204 g/mol. The van der Waals surface area contributed by atoms with E-state index >= 15 is 0 Å². The van der Waals surface area contributed by atoms with E-state index in [1.807, 2.05) is 24.3 Å². The molecule has 1 N–H and O–H groups in total. The number of ether oxygens (including phenoxy) is 1. The van der Waals surface area contributed by atoms with E-state index in [0.29, 0.717) is 18.2 Å². The molecular formula is C12H12N2O2. The minimum Gasteiger partial charge on any atom is -0.424 e. The normalized spacial score (nSPS) is 10.1. The Morgan fingerprint density at radius 2 is 1.75 bits per heavy atom. The van der Waals surface area contributed by atoms with Crippen LogP contribution in [0.15, 0.2) is 42.7 Å². The Balaban J connectivity index is 2.05. The van der Waals surface area contributed by atoms with Gasteiger partial charge in [-0.05, 0) is 30.2 Å². The molecule has 2 aromatic rings. The largest absolute Gasteiger partial charge is 0.424 e. The van der Waals surface area contributed by atoms with Gasteiger partial charge in [-0.3, -0.25) is 0 Å². The third-order valence-electron chi connectivity index (χ3n) is 2.08. The van der Waals surface area contributed by atoms with Crippen LogP contribution in [0.2, 0.25) is 0 Å². The lowest BCUT2D eigenvalue weighted by Crippen LogP contribution is -1.92. The molecule has 0 bridgehead atoms. The lowest BCUT2D eigenvalue weighted by molar-refractivity contribution is 0.299. The summed E-state index contributed by atoms with van der Waals surface area (Å²) in [6, 6.07) is 9.56. The van der Waals surface area contributed by atoms with Crippen LogP contribution in [0.3, 0.4) is 0 Å². The van der Waals surface area contributed by atoms with E-state index in [1.54, 1.807) is 18.5 Å². The molecule has 4 heteroatoms. The highest BCUT2D eigenvalue weighted by Gasteiger charge is 1.98. The maximum atomic E-state index is 8.77. The molecule has 0 fully saturated rings. The molecule has 1 aromatic heterocycles. The average molecular weight is 216 g/mol. The minimum absolute atomic E-state index is 0.155. The fraction of sp³-hybridized carbons (Fsp3) is 0.167. The molecule has 0 aliphatic rings. The van der Waals surface area contributed by atoms with Crippen LogP contribution in [0, 0.1) is 0 Å². The number of rotatable bonds is 4. The summed E-state index contributed by atoms with van der Waals surface area (Å²) in [6.07, 6.45) is 3.91. The average Bonchev–Trinajstić information content (AvgIpc) is 2.33. The first-order chi connectivity index (χ1) is 7.88. The summed E-state index contributed by atoms with van der Waals surface area (Å²) in [5.41, 5.74) is 1.07. The van der Waals surface area contributed by atoms with Gasteiger partial charge in [0.25, 0.3) is 0 Å². The number of nitrogens with zero attached hydrogens (tertiary/aromatic N) is 2. The Morgan fingerprint density at radius 1 is 1.06 bits per heavy atom. The molecule has 2 rings (SSSR count). The summed E-state index contributed by atoms with van der Waals surface area (Å²) in [6.45, 7) is 0.155. The molecule has 0 aliphatic carbocycles. The molecule has 0 amide bonds. The van der Waals surface area contributed by atoms with Crippen molar-refractivity contribution in [1.29, 1.82) is 0 Å². The Hall–Kier alpha value is -1.94. The van der Waals surface area contributed by atoms with Crippen LogP contribution < -0.4 is 4.74 Å². The molecule has 4 nitrogen and oxygen atoms in total. The predicted octanol–water partition coefficient (Wildman–Crippen LogP) is 1.80. The molecule has 0 saturated carbocycles. The summed E-state index contributed by atoms with van der Waals surface area (Å²) in [5.74, 6) is 0.688. The second kappa shape index (κ2) is 5.23. The van der Waals surface area contributed by atoms with E-state index in [2.05, 4.69) is 9.97 Å². The van der Waals surface area contributed by atoms with Crippen LogP contribution in [-0.4, -0.2) is 21.7 Å². The van der Waals surface area contributed by atoms with Gasteiger partial charge in [-0.1, -0.05) is 12.1 Å².